The number of hydrogen-bond acceptors (Lipinski definition) is 3. The molecule has 18 heavy (non-hydrogen) atoms. The second-order valence-corrected chi connectivity index (χ2v) is 4.61. The molecule has 5 heteroatoms. The first kappa shape index (κ1) is 13.1. The normalized spacial score (nSPS) is 10.8. The summed E-state index contributed by atoms with van der Waals surface area (Å²) in [6.45, 7) is 5.90. The lowest BCUT2D eigenvalue weighted by atomic mass is 10.2. The van der Waals surface area contributed by atoms with Gasteiger partial charge in [0.1, 0.15) is 0 Å². The molecule has 0 aliphatic heterocycles. The molecule has 0 atom stereocenters. The molecule has 0 amide bonds. The van der Waals surface area contributed by atoms with E-state index >= 15 is 0 Å². The van der Waals surface area contributed by atoms with E-state index in [9.17, 15) is 0 Å². The number of hydrogen-bond donors (Lipinski definition) is 1. The van der Waals surface area contributed by atoms with Crippen LogP contribution in [0.4, 0.5) is 0 Å². The van der Waals surface area contributed by atoms with Crippen LogP contribution < -0.4 is 5.32 Å². The average molecular weight is 265 g/mol. The van der Waals surface area contributed by atoms with Gasteiger partial charge in [0.15, 0.2) is 5.82 Å². The Morgan fingerprint density at radius 3 is 2.94 bits per heavy atom. The van der Waals surface area contributed by atoms with Crippen molar-refractivity contribution in [3.63, 3.8) is 0 Å². The van der Waals surface area contributed by atoms with Crippen molar-refractivity contribution < 1.29 is 0 Å². The zero-order chi connectivity index (χ0) is 13.0. The molecule has 2 rings (SSSR count). The fourth-order valence-corrected chi connectivity index (χ4v) is 1.79. The molecule has 4 nitrogen and oxygen atoms in total. The van der Waals surface area contributed by atoms with Gasteiger partial charge in [0, 0.05) is 12.7 Å². The van der Waals surface area contributed by atoms with E-state index in [-0.39, 0.29) is 0 Å². The van der Waals surface area contributed by atoms with E-state index in [2.05, 4.69) is 22.3 Å². The molecule has 0 aliphatic rings. The van der Waals surface area contributed by atoms with Crippen molar-refractivity contribution in [3.8, 4) is 5.82 Å². The van der Waals surface area contributed by atoms with E-state index in [0.29, 0.717) is 5.02 Å². The van der Waals surface area contributed by atoms with Crippen molar-refractivity contribution in [2.24, 2.45) is 0 Å². The van der Waals surface area contributed by atoms with E-state index in [1.54, 1.807) is 17.1 Å². The number of pyridine rings is 1. The summed E-state index contributed by atoms with van der Waals surface area (Å²) >= 11 is 6.00. The molecule has 96 valence electrons. The molecule has 2 aromatic rings. The first-order valence-corrected chi connectivity index (χ1v) is 6.46. The van der Waals surface area contributed by atoms with E-state index in [4.69, 9.17) is 11.6 Å². The third kappa shape index (κ3) is 3.09. The monoisotopic (exact) mass is 264 g/mol. The molecule has 0 unspecified atom stereocenters. The highest BCUT2D eigenvalue weighted by molar-refractivity contribution is 6.31. The summed E-state index contributed by atoms with van der Waals surface area (Å²) in [5, 5.41) is 8.34. The van der Waals surface area contributed by atoms with Crippen LogP contribution in [0.5, 0.6) is 0 Å². The minimum Gasteiger partial charge on any atom is -0.313 e. The fourth-order valence-electron chi connectivity index (χ4n) is 1.66. The van der Waals surface area contributed by atoms with E-state index in [0.717, 1.165) is 31.0 Å². The van der Waals surface area contributed by atoms with Crippen LogP contribution in [0.15, 0.2) is 24.5 Å². The Balaban J connectivity index is 2.16. The summed E-state index contributed by atoms with van der Waals surface area (Å²) < 4.78 is 1.71. The van der Waals surface area contributed by atoms with Gasteiger partial charge in [0.25, 0.3) is 0 Å². The zero-order valence-electron chi connectivity index (χ0n) is 10.7. The van der Waals surface area contributed by atoms with Crippen molar-refractivity contribution in [2.45, 2.75) is 26.8 Å². The average Bonchev–Trinajstić information content (AvgIpc) is 2.71. The minimum absolute atomic E-state index is 0.659. The molecule has 2 heterocycles. The molecule has 0 bridgehead atoms. The van der Waals surface area contributed by atoms with Crippen molar-refractivity contribution in [1.29, 1.82) is 0 Å². The summed E-state index contributed by atoms with van der Waals surface area (Å²) in [6, 6.07) is 4.02. The fraction of sp³-hybridized carbons (Fsp3) is 0.385. The maximum atomic E-state index is 6.00. The highest BCUT2D eigenvalue weighted by atomic mass is 35.5. The van der Waals surface area contributed by atoms with Crippen LogP contribution >= 0.6 is 11.6 Å². The quantitative estimate of drug-likeness (QED) is 0.845. The molecule has 0 aromatic carbocycles. The molecule has 1 N–H and O–H groups in total. The van der Waals surface area contributed by atoms with Crippen LogP contribution in [-0.2, 0) is 6.54 Å². The van der Waals surface area contributed by atoms with E-state index < -0.39 is 0 Å². The lowest BCUT2D eigenvalue weighted by Crippen LogP contribution is -2.14. The number of halogens is 1. The van der Waals surface area contributed by atoms with Crippen molar-refractivity contribution in [1.82, 2.24) is 20.1 Å². The minimum atomic E-state index is 0.659. The summed E-state index contributed by atoms with van der Waals surface area (Å²) in [5.74, 6) is 0.792. The summed E-state index contributed by atoms with van der Waals surface area (Å²) in [4.78, 5) is 4.31. The maximum Gasteiger partial charge on any atom is 0.153 e. The molecule has 0 fully saturated rings. The smallest absolute Gasteiger partial charge is 0.153 e. The van der Waals surface area contributed by atoms with Crippen LogP contribution in [0.3, 0.4) is 0 Å². The SMILES string of the molecule is CCCNCc1ccnc(-n2cc(Cl)c(C)n2)c1. The first-order valence-electron chi connectivity index (χ1n) is 6.08. The molecule has 2 aromatic heterocycles. The van der Waals surface area contributed by atoms with E-state index in [1.165, 1.54) is 5.56 Å². The highest BCUT2D eigenvalue weighted by Gasteiger charge is 2.05. The Morgan fingerprint density at radius 2 is 2.28 bits per heavy atom. The van der Waals surface area contributed by atoms with Crippen LogP contribution in [-0.4, -0.2) is 21.3 Å². The third-order valence-electron chi connectivity index (χ3n) is 2.64. The predicted molar refractivity (Wildman–Crippen MR) is 73.1 cm³/mol. The van der Waals surface area contributed by atoms with Crippen molar-refractivity contribution in [2.75, 3.05) is 6.54 Å². The van der Waals surface area contributed by atoms with Gasteiger partial charge < -0.3 is 5.32 Å². The van der Waals surface area contributed by atoms with Gasteiger partial charge in [-0.3, -0.25) is 0 Å². The summed E-state index contributed by atoms with van der Waals surface area (Å²) in [7, 11) is 0. The maximum absolute atomic E-state index is 6.00. The Bertz CT molecular complexity index is 502. The van der Waals surface area contributed by atoms with Crippen molar-refractivity contribution in [3.05, 3.63) is 40.8 Å². The van der Waals surface area contributed by atoms with Crippen molar-refractivity contribution >= 4 is 11.6 Å². The lowest BCUT2D eigenvalue weighted by molar-refractivity contribution is 0.673. The number of nitrogens with one attached hydrogen (secondary N) is 1. The molecule has 0 spiro atoms. The largest absolute Gasteiger partial charge is 0.313 e. The number of rotatable bonds is 5. The first-order chi connectivity index (χ1) is 8.70. The third-order valence-corrected chi connectivity index (χ3v) is 3.01. The van der Waals surface area contributed by atoms with Gasteiger partial charge in [-0.2, -0.15) is 5.10 Å². The van der Waals surface area contributed by atoms with Gasteiger partial charge in [-0.25, -0.2) is 9.67 Å². The second kappa shape index (κ2) is 5.98. The topological polar surface area (TPSA) is 42.7 Å². The Morgan fingerprint density at radius 1 is 1.44 bits per heavy atom. The Labute approximate surface area is 112 Å². The van der Waals surface area contributed by atoms with Crippen LogP contribution in [0.2, 0.25) is 5.02 Å². The van der Waals surface area contributed by atoms with Crippen LogP contribution in [0.25, 0.3) is 5.82 Å². The number of aromatic nitrogens is 3. The molecular formula is C13H17ClN4. The number of aryl methyl sites for hydroxylation is 1. The standard InChI is InChI=1S/C13H17ClN4/c1-3-5-15-8-11-4-6-16-13(7-11)18-9-12(14)10(2)17-18/h4,6-7,9,15H,3,5,8H2,1-2H3. The summed E-state index contributed by atoms with van der Waals surface area (Å²) in [6.07, 6.45) is 4.71. The summed E-state index contributed by atoms with van der Waals surface area (Å²) in [5.41, 5.74) is 2.01. The molecular weight excluding hydrogens is 248 g/mol. The molecule has 0 saturated carbocycles. The van der Waals surface area contributed by atoms with Gasteiger partial charge in [0.2, 0.25) is 0 Å². The zero-order valence-corrected chi connectivity index (χ0v) is 11.4. The van der Waals surface area contributed by atoms with Gasteiger partial charge >= 0.3 is 0 Å². The second-order valence-electron chi connectivity index (χ2n) is 4.21. The highest BCUT2D eigenvalue weighted by Crippen LogP contribution is 2.15. The van der Waals surface area contributed by atoms with Gasteiger partial charge in [-0.15, -0.1) is 0 Å². The van der Waals surface area contributed by atoms with Gasteiger partial charge in [-0.1, -0.05) is 18.5 Å². The van der Waals surface area contributed by atoms with Gasteiger partial charge in [-0.05, 0) is 37.6 Å². The predicted octanol–water partition coefficient (Wildman–Crippen LogP) is 2.73. The lowest BCUT2D eigenvalue weighted by Gasteiger charge is -2.05. The number of nitrogens with zero attached hydrogens (tertiary/aromatic N) is 3. The van der Waals surface area contributed by atoms with Crippen LogP contribution in [0, 0.1) is 6.92 Å². The molecule has 0 saturated heterocycles. The van der Waals surface area contributed by atoms with E-state index in [1.807, 2.05) is 19.1 Å². The van der Waals surface area contributed by atoms with Crippen LogP contribution in [0.1, 0.15) is 24.6 Å². The van der Waals surface area contributed by atoms with Gasteiger partial charge in [0.05, 0.1) is 16.9 Å². The molecule has 0 aliphatic carbocycles. The Hall–Kier alpha value is -1.39. The Kier molecular flexibility index (Phi) is 4.33. The molecule has 0 radical (unpaired) electrons.